The lowest BCUT2D eigenvalue weighted by Gasteiger charge is -2.11. The van der Waals surface area contributed by atoms with Gasteiger partial charge in [-0.1, -0.05) is 23.7 Å². The number of nitrogens with two attached hydrogens (primary N) is 1. The third kappa shape index (κ3) is 2.86. The molecule has 2 aromatic rings. The zero-order chi connectivity index (χ0) is 11.5. The van der Waals surface area contributed by atoms with Gasteiger partial charge in [-0.15, -0.1) is 0 Å². The Hall–Kier alpha value is -0.350. The first-order valence-corrected chi connectivity index (χ1v) is 7.00. The second-order valence-corrected chi connectivity index (χ2v) is 5.65. The van der Waals surface area contributed by atoms with Crippen molar-refractivity contribution in [3.63, 3.8) is 0 Å². The quantitative estimate of drug-likeness (QED) is 0.892. The number of benzene rings is 1. The van der Waals surface area contributed by atoms with Crippen molar-refractivity contribution in [2.24, 2.45) is 5.73 Å². The summed E-state index contributed by atoms with van der Waals surface area (Å²) >= 11 is 11.1. The van der Waals surface area contributed by atoms with Crippen molar-refractivity contribution >= 4 is 38.9 Å². The highest BCUT2D eigenvalue weighted by atomic mass is 79.9. The SMILES string of the molecule is NC(Cc1cccc(Cl)c1)c1cscc1Br. The Kier molecular flexibility index (Phi) is 4.03. The van der Waals surface area contributed by atoms with Gasteiger partial charge >= 0.3 is 0 Å². The molecule has 0 radical (unpaired) electrons. The van der Waals surface area contributed by atoms with Crippen molar-refractivity contribution in [2.45, 2.75) is 12.5 Å². The van der Waals surface area contributed by atoms with E-state index in [1.807, 2.05) is 29.6 Å². The molecule has 0 saturated carbocycles. The van der Waals surface area contributed by atoms with Gasteiger partial charge < -0.3 is 5.73 Å². The Morgan fingerprint density at radius 2 is 2.19 bits per heavy atom. The van der Waals surface area contributed by atoms with E-state index in [4.69, 9.17) is 17.3 Å². The fourth-order valence-corrected chi connectivity index (χ4v) is 3.45. The van der Waals surface area contributed by atoms with Crippen LogP contribution in [0.1, 0.15) is 17.2 Å². The van der Waals surface area contributed by atoms with Crippen molar-refractivity contribution in [2.75, 3.05) is 0 Å². The summed E-state index contributed by atoms with van der Waals surface area (Å²) in [6, 6.07) is 7.84. The first-order valence-electron chi connectivity index (χ1n) is 4.88. The van der Waals surface area contributed by atoms with E-state index in [-0.39, 0.29) is 6.04 Å². The van der Waals surface area contributed by atoms with E-state index in [0.29, 0.717) is 0 Å². The lowest BCUT2D eigenvalue weighted by molar-refractivity contribution is 0.722. The molecular weight excluding hydrogens is 306 g/mol. The van der Waals surface area contributed by atoms with Crippen molar-refractivity contribution in [3.05, 3.63) is 55.6 Å². The van der Waals surface area contributed by atoms with Crippen LogP contribution in [0.3, 0.4) is 0 Å². The van der Waals surface area contributed by atoms with E-state index in [1.54, 1.807) is 11.3 Å². The van der Waals surface area contributed by atoms with Crippen molar-refractivity contribution in [3.8, 4) is 0 Å². The van der Waals surface area contributed by atoms with E-state index in [9.17, 15) is 0 Å². The molecular formula is C12H11BrClNS. The summed E-state index contributed by atoms with van der Waals surface area (Å²) in [4.78, 5) is 0. The van der Waals surface area contributed by atoms with Crippen LogP contribution in [0.5, 0.6) is 0 Å². The highest BCUT2D eigenvalue weighted by molar-refractivity contribution is 9.10. The molecule has 84 valence electrons. The Morgan fingerprint density at radius 3 is 2.81 bits per heavy atom. The standard InChI is InChI=1S/C12H11BrClNS/c13-11-7-16-6-10(11)12(15)5-8-2-1-3-9(14)4-8/h1-4,6-7,12H,5,15H2. The molecule has 0 aliphatic rings. The smallest absolute Gasteiger partial charge is 0.0408 e. The van der Waals surface area contributed by atoms with E-state index in [0.717, 1.165) is 27.0 Å². The molecule has 0 aliphatic carbocycles. The highest BCUT2D eigenvalue weighted by Crippen LogP contribution is 2.28. The summed E-state index contributed by atoms with van der Waals surface area (Å²) in [5.41, 5.74) is 8.48. The molecule has 0 spiro atoms. The van der Waals surface area contributed by atoms with Gasteiger partial charge in [-0.05, 0) is 51.0 Å². The van der Waals surface area contributed by atoms with Crippen LogP contribution in [0.25, 0.3) is 0 Å². The minimum atomic E-state index is 0.0130. The molecule has 16 heavy (non-hydrogen) atoms. The second-order valence-electron chi connectivity index (χ2n) is 3.62. The zero-order valence-corrected chi connectivity index (χ0v) is 11.6. The van der Waals surface area contributed by atoms with Gasteiger partial charge in [0.1, 0.15) is 0 Å². The molecule has 0 aliphatic heterocycles. The number of thiophene rings is 1. The number of halogens is 2. The maximum Gasteiger partial charge on any atom is 0.0408 e. The summed E-state index contributed by atoms with van der Waals surface area (Å²) in [6.07, 6.45) is 0.801. The maximum atomic E-state index is 6.16. The van der Waals surface area contributed by atoms with Gasteiger partial charge in [0.05, 0.1) is 0 Å². The predicted octanol–water partition coefficient (Wildman–Crippen LogP) is 4.41. The third-order valence-corrected chi connectivity index (χ3v) is 4.37. The highest BCUT2D eigenvalue weighted by Gasteiger charge is 2.11. The topological polar surface area (TPSA) is 26.0 Å². The summed E-state index contributed by atoms with van der Waals surface area (Å²) in [6.45, 7) is 0. The van der Waals surface area contributed by atoms with Crippen LogP contribution >= 0.6 is 38.9 Å². The molecule has 1 unspecified atom stereocenters. The van der Waals surface area contributed by atoms with Crippen LogP contribution in [0.15, 0.2) is 39.5 Å². The number of hydrogen-bond acceptors (Lipinski definition) is 2. The monoisotopic (exact) mass is 315 g/mol. The van der Waals surface area contributed by atoms with Crippen LogP contribution < -0.4 is 5.73 Å². The lowest BCUT2D eigenvalue weighted by atomic mass is 10.0. The van der Waals surface area contributed by atoms with Crippen LogP contribution in [-0.2, 0) is 6.42 Å². The Labute approximate surface area is 112 Å². The first-order chi connectivity index (χ1) is 7.66. The molecule has 0 fully saturated rings. The number of hydrogen-bond donors (Lipinski definition) is 1. The Balaban J connectivity index is 2.14. The molecule has 1 aromatic heterocycles. The van der Waals surface area contributed by atoms with Gasteiger partial charge in [-0.2, -0.15) is 11.3 Å². The molecule has 0 amide bonds. The molecule has 2 rings (SSSR count). The lowest BCUT2D eigenvalue weighted by Crippen LogP contribution is -2.12. The fourth-order valence-electron chi connectivity index (χ4n) is 1.58. The molecule has 1 heterocycles. The van der Waals surface area contributed by atoms with E-state index >= 15 is 0 Å². The molecule has 0 saturated heterocycles. The molecule has 2 N–H and O–H groups in total. The van der Waals surface area contributed by atoms with Crippen LogP contribution in [0.4, 0.5) is 0 Å². The fraction of sp³-hybridized carbons (Fsp3) is 0.167. The maximum absolute atomic E-state index is 6.16. The normalized spacial score (nSPS) is 12.7. The van der Waals surface area contributed by atoms with E-state index in [2.05, 4.69) is 21.3 Å². The average molecular weight is 317 g/mol. The molecule has 4 heteroatoms. The Bertz CT molecular complexity index is 483. The number of rotatable bonds is 3. The van der Waals surface area contributed by atoms with Gasteiger partial charge in [0, 0.05) is 20.9 Å². The zero-order valence-electron chi connectivity index (χ0n) is 8.49. The molecule has 1 atom stereocenters. The first kappa shape index (κ1) is 12.1. The van der Waals surface area contributed by atoms with Gasteiger partial charge in [-0.3, -0.25) is 0 Å². The van der Waals surface area contributed by atoms with Crippen LogP contribution in [-0.4, -0.2) is 0 Å². The van der Waals surface area contributed by atoms with Gasteiger partial charge in [-0.25, -0.2) is 0 Å². The van der Waals surface area contributed by atoms with E-state index in [1.165, 1.54) is 0 Å². The summed E-state index contributed by atoms with van der Waals surface area (Å²) in [5.74, 6) is 0. The predicted molar refractivity (Wildman–Crippen MR) is 74.1 cm³/mol. The van der Waals surface area contributed by atoms with Gasteiger partial charge in [0.15, 0.2) is 0 Å². The molecule has 1 nitrogen and oxygen atoms in total. The third-order valence-electron chi connectivity index (χ3n) is 2.39. The summed E-state index contributed by atoms with van der Waals surface area (Å²) in [7, 11) is 0. The Morgan fingerprint density at radius 1 is 1.38 bits per heavy atom. The minimum absolute atomic E-state index is 0.0130. The molecule has 0 bridgehead atoms. The van der Waals surface area contributed by atoms with Crippen LogP contribution in [0.2, 0.25) is 5.02 Å². The summed E-state index contributed by atoms with van der Waals surface area (Å²) in [5, 5.41) is 4.89. The van der Waals surface area contributed by atoms with E-state index < -0.39 is 0 Å². The van der Waals surface area contributed by atoms with Gasteiger partial charge in [0.25, 0.3) is 0 Å². The minimum Gasteiger partial charge on any atom is -0.324 e. The largest absolute Gasteiger partial charge is 0.324 e. The average Bonchev–Trinajstić information content (AvgIpc) is 2.64. The van der Waals surface area contributed by atoms with Crippen LogP contribution in [0, 0.1) is 0 Å². The second kappa shape index (κ2) is 5.32. The van der Waals surface area contributed by atoms with Crippen molar-refractivity contribution in [1.29, 1.82) is 0 Å². The van der Waals surface area contributed by atoms with Crippen molar-refractivity contribution in [1.82, 2.24) is 0 Å². The van der Waals surface area contributed by atoms with Gasteiger partial charge in [0.2, 0.25) is 0 Å². The molecule has 1 aromatic carbocycles. The van der Waals surface area contributed by atoms with Crippen molar-refractivity contribution < 1.29 is 0 Å². The summed E-state index contributed by atoms with van der Waals surface area (Å²) < 4.78 is 1.09.